The van der Waals surface area contributed by atoms with Crippen LogP contribution in [0.1, 0.15) is 31.4 Å². The van der Waals surface area contributed by atoms with Crippen LogP contribution in [-0.4, -0.2) is 30.1 Å². The van der Waals surface area contributed by atoms with Crippen molar-refractivity contribution < 1.29 is 14.7 Å². The molecule has 0 saturated heterocycles. The fourth-order valence-electron chi connectivity index (χ4n) is 1.90. The maximum absolute atomic E-state index is 11.7. The number of carbonyl (C=O) groups is 2. The highest BCUT2D eigenvalue weighted by atomic mass is 16.3. The fourth-order valence-corrected chi connectivity index (χ4v) is 1.90. The quantitative estimate of drug-likeness (QED) is 0.597. The van der Waals surface area contributed by atoms with E-state index in [0.29, 0.717) is 18.8 Å². The van der Waals surface area contributed by atoms with Gasteiger partial charge in [0.1, 0.15) is 0 Å². The van der Waals surface area contributed by atoms with Gasteiger partial charge in [-0.2, -0.15) is 0 Å². The second kappa shape index (κ2) is 7.08. The largest absolute Gasteiger partial charge is 0.389 e. The predicted molar refractivity (Wildman–Crippen MR) is 79.8 cm³/mol. The number of amides is 3. The van der Waals surface area contributed by atoms with Crippen LogP contribution in [0.3, 0.4) is 0 Å². The van der Waals surface area contributed by atoms with Crippen LogP contribution in [0.4, 0.5) is 10.5 Å². The van der Waals surface area contributed by atoms with E-state index in [9.17, 15) is 14.7 Å². The Bertz CT molecular complexity index is 513. The van der Waals surface area contributed by atoms with Crippen LogP contribution >= 0.6 is 0 Å². The molecule has 1 saturated carbocycles. The molecule has 0 aromatic heterocycles. The van der Waals surface area contributed by atoms with Crippen LogP contribution < -0.4 is 16.0 Å². The highest BCUT2D eigenvalue weighted by Gasteiger charge is 2.28. The topological polar surface area (TPSA) is 90.5 Å². The summed E-state index contributed by atoms with van der Waals surface area (Å²) in [5.74, 6) is 0.254. The number of carbonyl (C=O) groups excluding carboxylic acids is 2. The fraction of sp³-hybridized carbons (Fsp3) is 0.467. The van der Waals surface area contributed by atoms with Crippen LogP contribution in [0.5, 0.6) is 0 Å². The lowest BCUT2D eigenvalue weighted by atomic mass is 10.1. The third-order valence-electron chi connectivity index (χ3n) is 3.28. The molecular weight excluding hydrogens is 270 g/mol. The second-order valence-electron chi connectivity index (χ2n) is 5.25. The number of urea groups is 1. The minimum atomic E-state index is -0.576. The molecule has 1 aromatic rings. The molecule has 0 radical (unpaired) electrons. The molecule has 0 bridgehead atoms. The van der Waals surface area contributed by atoms with Gasteiger partial charge in [0.05, 0.1) is 6.10 Å². The van der Waals surface area contributed by atoms with Crippen molar-refractivity contribution in [1.29, 1.82) is 0 Å². The summed E-state index contributed by atoms with van der Waals surface area (Å²) in [5.41, 5.74) is 1.36. The van der Waals surface area contributed by atoms with Crippen LogP contribution in [0.25, 0.3) is 0 Å². The monoisotopic (exact) mass is 291 g/mol. The van der Waals surface area contributed by atoms with Gasteiger partial charge in [0, 0.05) is 24.7 Å². The van der Waals surface area contributed by atoms with Gasteiger partial charge in [-0.25, -0.2) is 4.79 Å². The van der Waals surface area contributed by atoms with Gasteiger partial charge in [-0.1, -0.05) is 12.1 Å². The van der Waals surface area contributed by atoms with Crippen LogP contribution in [-0.2, 0) is 4.79 Å². The molecule has 114 valence electrons. The number of aliphatic hydroxyl groups excluding tert-OH is 1. The number of aliphatic hydroxyl groups is 1. The molecule has 0 aliphatic heterocycles. The van der Waals surface area contributed by atoms with E-state index in [0.717, 1.165) is 18.4 Å². The number of hydrogen-bond acceptors (Lipinski definition) is 3. The molecule has 21 heavy (non-hydrogen) atoms. The normalized spacial score (nSPS) is 15.1. The minimum Gasteiger partial charge on any atom is -0.389 e. The molecule has 0 heterocycles. The van der Waals surface area contributed by atoms with Crippen molar-refractivity contribution in [1.82, 2.24) is 10.6 Å². The Morgan fingerprint density at radius 3 is 2.67 bits per heavy atom. The van der Waals surface area contributed by atoms with Gasteiger partial charge < -0.3 is 21.1 Å². The first-order valence-electron chi connectivity index (χ1n) is 7.17. The molecule has 6 heteroatoms. The van der Waals surface area contributed by atoms with E-state index in [2.05, 4.69) is 16.0 Å². The first-order valence-corrected chi connectivity index (χ1v) is 7.17. The van der Waals surface area contributed by atoms with E-state index in [-0.39, 0.29) is 17.9 Å². The predicted octanol–water partition coefficient (Wildman–Crippen LogP) is 1.39. The van der Waals surface area contributed by atoms with Crippen LogP contribution in [0.15, 0.2) is 24.3 Å². The Hall–Kier alpha value is -2.08. The van der Waals surface area contributed by atoms with E-state index >= 15 is 0 Å². The van der Waals surface area contributed by atoms with Gasteiger partial charge in [-0.15, -0.1) is 0 Å². The number of benzene rings is 1. The molecule has 1 atom stereocenters. The highest BCUT2D eigenvalue weighted by Crippen LogP contribution is 2.28. The zero-order chi connectivity index (χ0) is 15.2. The first kappa shape index (κ1) is 15.3. The summed E-state index contributed by atoms with van der Waals surface area (Å²) in [5, 5.41) is 17.6. The van der Waals surface area contributed by atoms with E-state index in [1.54, 1.807) is 31.2 Å². The number of rotatable bonds is 6. The Labute approximate surface area is 123 Å². The summed E-state index contributed by atoms with van der Waals surface area (Å²) in [6.45, 7) is 2.47. The van der Waals surface area contributed by atoms with Gasteiger partial charge >= 0.3 is 6.03 Å². The molecule has 1 unspecified atom stereocenters. The summed E-state index contributed by atoms with van der Waals surface area (Å²) < 4.78 is 0. The minimum absolute atomic E-state index is 0.0712. The van der Waals surface area contributed by atoms with E-state index in [1.807, 2.05) is 0 Å². The maximum atomic E-state index is 11.7. The zero-order valence-corrected chi connectivity index (χ0v) is 12.1. The number of anilines is 1. The molecule has 3 amide bonds. The lowest BCUT2D eigenvalue weighted by Crippen LogP contribution is -2.37. The molecule has 1 aliphatic rings. The Balaban J connectivity index is 1.68. The van der Waals surface area contributed by atoms with Crippen molar-refractivity contribution in [3.05, 3.63) is 29.8 Å². The zero-order valence-electron chi connectivity index (χ0n) is 12.1. The third kappa shape index (κ3) is 5.07. The van der Waals surface area contributed by atoms with Crippen molar-refractivity contribution in [3.63, 3.8) is 0 Å². The molecule has 0 spiro atoms. The third-order valence-corrected chi connectivity index (χ3v) is 3.28. The van der Waals surface area contributed by atoms with Crippen molar-refractivity contribution in [3.8, 4) is 0 Å². The summed E-state index contributed by atoms with van der Waals surface area (Å²) in [4.78, 5) is 23.1. The lowest BCUT2D eigenvalue weighted by Gasteiger charge is -2.10. The Morgan fingerprint density at radius 1 is 1.29 bits per heavy atom. The van der Waals surface area contributed by atoms with Crippen LogP contribution in [0.2, 0.25) is 0 Å². The van der Waals surface area contributed by atoms with E-state index < -0.39 is 6.10 Å². The highest BCUT2D eigenvalue weighted by molar-refractivity contribution is 5.89. The SMILES string of the molecule is CC(O)c1cccc(NC(=O)NCCNC(=O)C2CC2)c1. The standard InChI is InChI=1S/C15H21N3O3/c1-10(19)12-3-2-4-13(9-12)18-15(21)17-8-7-16-14(20)11-5-6-11/h2-4,9-11,19H,5-8H2,1H3,(H,16,20)(H2,17,18,21). The van der Waals surface area contributed by atoms with Crippen molar-refractivity contribution >= 4 is 17.6 Å². The van der Waals surface area contributed by atoms with Crippen molar-refractivity contribution in [2.45, 2.75) is 25.9 Å². The summed E-state index contributed by atoms with van der Waals surface area (Å²) in [6.07, 6.45) is 1.37. The Morgan fingerprint density at radius 2 is 2.00 bits per heavy atom. The maximum Gasteiger partial charge on any atom is 0.319 e. The van der Waals surface area contributed by atoms with Gasteiger partial charge in [0.15, 0.2) is 0 Å². The van der Waals surface area contributed by atoms with Crippen molar-refractivity contribution in [2.24, 2.45) is 5.92 Å². The molecule has 1 aliphatic carbocycles. The molecule has 4 N–H and O–H groups in total. The molecule has 1 fully saturated rings. The molecule has 6 nitrogen and oxygen atoms in total. The van der Waals surface area contributed by atoms with Gasteiger partial charge in [-0.05, 0) is 37.5 Å². The van der Waals surface area contributed by atoms with Crippen LogP contribution in [0, 0.1) is 5.92 Å². The summed E-state index contributed by atoms with van der Waals surface area (Å²) >= 11 is 0. The van der Waals surface area contributed by atoms with E-state index in [1.165, 1.54) is 0 Å². The van der Waals surface area contributed by atoms with Gasteiger partial charge in [0.2, 0.25) is 5.91 Å². The summed E-state index contributed by atoms with van der Waals surface area (Å²) in [7, 11) is 0. The first-order chi connectivity index (χ1) is 10.1. The molecule has 1 aromatic carbocycles. The molecular formula is C15H21N3O3. The van der Waals surface area contributed by atoms with Gasteiger partial charge in [0.25, 0.3) is 0 Å². The lowest BCUT2D eigenvalue weighted by molar-refractivity contribution is -0.122. The summed E-state index contributed by atoms with van der Waals surface area (Å²) in [6, 6.07) is 6.70. The number of nitrogens with one attached hydrogen (secondary N) is 3. The average Bonchev–Trinajstić information content (AvgIpc) is 3.28. The van der Waals surface area contributed by atoms with Crippen molar-refractivity contribution in [2.75, 3.05) is 18.4 Å². The average molecular weight is 291 g/mol. The van der Waals surface area contributed by atoms with E-state index in [4.69, 9.17) is 0 Å². The second-order valence-corrected chi connectivity index (χ2v) is 5.25. The Kier molecular flexibility index (Phi) is 5.16. The smallest absolute Gasteiger partial charge is 0.319 e. The molecule has 2 rings (SSSR count). The van der Waals surface area contributed by atoms with Gasteiger partial charge in [-0.3, -0.25) is 4.79 Å². The number of hydrogen-bond donors (Lipinski definition) is 4.